The summed E-state index contributed by atoms with van der Waals surface area (Å²) in [6.07, 6.45) is 1.91. The first kappa shape index (κ1) is 18.4. The first-order valence-electron chi connectivity index (χ1n) is 7.89. The molecule has 0 saturated heterocycles. The Bertz CT molecular complexity index is 554. The zero-order chi connectivity index (χ0) is 17.0. The molecule has 2 N–H and O–H groups in total. The highest BCUT2D eigenvalue weighted by atomic mass is 35.5. The van der Waals surface area contributed by atoms with Crippen molar-refractivity contribution < 1.29 is 9.53 Å². The topological polar surface area (TPSA) is 50.4 Å². The van der Waals surface area contributed by atoms with Crippen molar-refractivity contribution >= 4 is 29.3 Å². The van der Waals surface area contributed by atoms with Gasteiger partial charge >= 0.3 is 6.09 Å². The Balaban J connectivity index is 1.83. The molecule has 0 bridgehead atoms. The number of hydrogen-bond donors (Lipinski definition) is 2. The second kappa shape index (κ2) is 7.73. The smallest absolute Gasteiger partial charge is 0.407 e. The number of halogens is 2. The molecule has 128 valence electrons. The minimum atomic E-state index is -0.486. The summed E-state index contributed by atoms with van der Waals surface area (Å²) < 4.78 is 5.33. The van der Waals surface area contributed by atoms with Crippen LogP contribution in [0.5, 0.6) is 0 Å². The molecular formula is C17H24Cl2N2O2. The van der Waals surface area contributed by atoms with Gasteiger partial charge in [0.05, 0.1) is 0 Å². The fourth-order valence-electron chi connectivity index (χ4n) is 2.33. The largest absolute Gasteiger partial charge is 0.444 e. The molecule has 1 aliphatic rings. The van der Waals surface area contributed by atoms with E-state index in [0.29, 0.717) is 29.1 Å². The lowest BCUT2D eigenvalue weighted by molar-refractivity contribution is 0.0497. The van der Waals surface area contributed by atoms with Crippen molar-refractivity contribution in [2.45, 2.75) is 51.8 Å². The Labute approximate surface area is 147 Å². The van der Waals surface area contributed by atoms with Gasteiger partial charge < -0.3 is 15.4 Å². The molecule has 1 unspecified atom stereocenters. The molecule has 1 fully saturated rings. The van der Waals surface area contributed by atoms with E-state index in [0.717, 1.165) is 18.4 Å². The van der Waals surface area contributed by atoms with E-state index in [4.69, 9.17) is 27.9 Å². The molecule has 2 rings (SSSR count). The maximum atomic E-state index is 11.9. The van der Waals surface area contributed by atoms with Crippen molar-refractivity contribution in [3.8, 4) is 0 Å². The van der Waals surface area contributed by atoms with E-state index in [-0.39, 0.29) is 12.1 Å². The summed E-state index contributed by atoms with van der Waals surface area (Å²) in [7, 11) is 0. The zero-order valence-corrected chi connectivity index (χ0v) is 15.3. The summed E-state index contributed by atoms with van der Waals surface area (Å²) in [4.78, 5) is 11.9. The monoisotopic (exact) mass is 358 g/mol. The van der Waals surface area contributed by atoms with Crippen LogP contribution in [0.4, 0.5) is 4.79 Å². The van der Waals surface area contributed by atoms with Crippen LogP contribution in [-0.2, 0) is 11.3 Å². The van der Waals surface area contributed by atoms with Crippen LogP contribution in [0.2, 0.25) is 10.0 Å². The summed E-state index contributed by atoms with van der Waals surface area (Å²) in [5.41, 5.74) is 0.464. The van der Waals surface area contributed by atoms with E-state index in [2.05, 4.69) is 10.6 Å². The fraction of sp³-hybridized carbons (Fsp3) is 0.588. The predicted molar refractivity (Wildman–Crippen MR) is 94.1 cm³/mol. The van der Waals surface area contributed by atoms with E-state index in [1.807, 2.05) is 26.8 Å². The van der Waals surface area contributed by atoms with Crippen LogP contribution < -0.4 is 10.6 Å². The minimum absolute atomic E-state index is 0.0720. The normalized spacial score (nSPS) is 16.0. The quantitative estimate of drug-likeness (QED) is 0.792. The van der Waals surface area contributed by atoms with Crippen molar-refractivity contribution in [2.24, 2.45) is 5.92 Å². The third kappa shape index (κ3) is 6.58. The average Bonchev–Trinajstić information content (AvgIpc) is 3.24. The summed E-state index contributed by atoms with van der Waals surface area (Å²) in [6.45, 7) is 6.86. The Morgan fingerprint density at radius 3 is 2.65 bits per heavy atom. The van der Waals surface area contributed by atoms with Gasteiger partial charge in [-0.1, -0.05) is 23.2 Å². The molecule has 1 amide bonds. The maximum Gasteiger partial charge on any atom is 0.407 e. The van der Waals surface area contributed by atoms with Crippen LogP contribution in [0.25, 0.3) is 0 Å². The SMILES string of the molecule is CC(C)(C)OC(=O)NC(CNCc1cc(Cl)ccc1Cl)C1CC1. The molecule has 6 heteroatoms. The fourth-order valence-corrected chi connectivity index (χ4v) is 2.71. The number of carbonyl (C=O) groups excluding carboxylic acids is 1. The van der Waals surface area contributed by atoms with Crippen LogP contribution in [0.3, 0.4) is 0 Å². The molecular weight excluding hydrogens is 335 g/mol. The molecule has 1 saturated carbocycles. The molecule has 1 atom stereocenters. The molecule has 0 spiro atoms. The van der Waals surface area contributed by atoms with Gasteiger partial charge in [-0.3, -0.25) is 0 Å². The van der Waals surface area contributed by atoms with Crippen molar-refractivity contribution in [3.05, 3.63) is 33.8 Å². The molecule has 0 aliphatic heterocycles. The third-order valence-corrected chi connectivity index (χ3v) is 4.18. The van der Waals surface area contributed by atoms with Crippen molar-refractivity contribution in [3.63, 3.8) is 0 Å². The highest BCUT2D eigenvalue weighted by molar-refractivity contribution is 6.33. The molecule has 1 aromatic carbocycles. The van der Waals surface area contributed by atoms with Gasteiger partial charge in [-0.25, -0.2) is 4.79 Å². The van der Waals surface area contributed by atoms with Crippen LogP contribution >= 0.6 is 23.2 Å². The lowest BCUT2D eigenvalue weighted by Gasteiger charge is -2.24. The molecule has 0 radical (unpaired) electrons. The van der Waals surface area contributed by atoms with E-state index in [1.54, 1.807) is 12.1 Å². The summed E-state index contributed by atoms with van der Waals surface area (Å²) in [5.74, 6) is 0.518. The van der Waals surface area contributed by atoms with Gasteiger partial charge in [0.1, 0.15) is 5.60 Å². The second-order valence-corrected chi connectivity index (χ2v) is 7.80. The number of carbonyl (C=O) groups is 1. The summed E-state index contributed by atoms with van der Waals surface area (Å²) >= 11 is 12.1. The highest BCUT2D eigenvalue weighted by Crippen LogP contribution is 2.32. The standard InChI is InChI=1S/C17H24Cl2N2O2/c1-17(2,3)23-16(22)21-15(11-4-5-11)10-20-9-12-8-13(18)6-7-14(12)19/h6-8,11,15,20H,4-5,9-10H2,1-3H3,(H,21,22). The van der Waals surface area contributed by atoms with Crippen molar-refractivity contribution in [1.29, 1.82) is 0 Å². The number of ether oxygens (including phenoxy) is 1. The van der Waals surface area contributed by atoms with Crippen LogP contribution in [-0.4, -0.2) is 24.3 Å². The maximum absolute atomic E-state index is 11.9. The van der Waals surface area contributed by atoms with Crippen molar-refractivity contribution in [1.82, 2.24) is 10.6 Å². The van der Waals surface area contributed by atoms with Crippen LogP contribution in [0, 0.1) is 5.92 Å². The minimum Gasteiger partial charge on any atom is -0.444 e. The van der Waals surface area contributed by atoms with Crippen molar-refractivity contribution in [2.75, 3.05) is 6.54 Å². The highest BCUT2D eigenvalue weighted by Gasteiger charge is 2.33. The van der Waals surface area contributed by atoms with Gasteiger partial charge in [-0.15, -0.1) is 0 Å². The number of benzene rings is 1. The average molecular weight is 359 g/mol. The van der Waals surface area contributed by atoms with Gasteiger partial charge in [0, 0.05) is 29.2 Å². The molecule has 0 heterocycles. The summed E-state index contributed by atoms with van der Waals surface area (Å²) in [6, 6.07) is 5.48. The Hall–Kier alpha value is -0.970. The predicted octanol–water partition coefficient (Wildman–Crippen LogP) is 4.39. The molecule has 4 nitrogen and oxygen atoms in total. The van der Waals surface area contributed by atoms with E-state index in [9.17, 15) is 4.79 Å². The lowest BCUT2D eigenvalue weighted by atomic mass is 10.1. The number of rotatable bonds is 6. The lowest BCUT2D eigenvalue weighted by Crippen LogP contribution is -2.45. The zero-order valence-electron chi connectivity index (χ0n) is 13.8. The Morgan fingerprint density at radius 2 is 2.04 bits per heavy atom. The van der Waals surface area contributed by atoms with Gasteiger partial charge in [0.2, 0.25) is 0 Å². The Morgan fingerprint density at radius 1 is 1.35 bits per heavy atom. The molecule has 1 aliphatic carbocycles. The van der Waals surface area contributed by atoms with Crippen LogP contribution in [0.15, 0.2) is 18.2 Å². The first-order chi connectivity index (χ1) is 10.7. The van der Waals surface area contributed by atoms with Gasteiger partial charge in [-0.2, -0.15) is 0 Å². The second-order valence-electron chi connectivity index (χ2n) is 6.96. The molecule has 23 heavy (non-hydrogen) atoms. The van der Waals surface area contributed by atoms with E-state index in [1.165, 1.54) is 0 Å². The number of alkyl carbamates (subject to hydrolysis) is 1. The Kier molecular flexibility index (Phi) is 6.18. The van der Waals surface area contributed by atoms with Crippen LogP contribution in [0.1, 0.15) is 39.2 Å². The van der Waals surface area contributed by atoms with E-state index >= 15 is 0 Å². The van der Waals surface area contributed by atoms with E-state index < -0.39 is 5.60 Å². The summed E-state index contributed by atoms with van der Waals surface area (Å²) in [5, 5.41) is 7.66. The van der Waals surface area contributed by atoms with Gasteiger partial charge in [0.25, 0.3) is 0 Å². The molecule has 0 aromatic heterocycles. The molecule has 1 aromatic rings. The first-order valence-corrected chi connectivity index (χ1v) is 8.64. The van der Waals surface area contributed by atoms with Gasteiger partial charge in [0.15, 0.2) is 0 Å². The number of amides is 1. The third-order valence-electron chi connectivity index (χ3n) is 3.58. The number of hydrogen-bond acceptors (Lipinski definition) is 3. The van der Waals surface area contributed by atoms with Gasteiger partial charge in [-0.05, 0) is 63.3 Å². The number of nitrogens with one attached hydrogen (secondary N) is 2.